The Morgan fingerprint density at radius 1 is 1.80 bits per heavy atom. The minimum absolute atomic E-state index is 0.378. The molecule has 4 heteroatoms. The molecule has 0 saturated heterocycles. The Kier molecular flexibility index (Phi) is 4.88. The van der Waals surface area contributed by atoms with Gasteiger partial charge in [-0.3, -0.25) is 4.79 Å². The summed E-state index contributed by atoms with van der Waals surface area (Å²) in [5.74, 6) is -0.972. The fourth-order valence-corrected chi connectivity index (χ4v) is 0.478. The molecule has 0 radical (unpaired) electrons. The van der Waals surface area contributed by atoms with Gasteiger partial charge in [0, 0.05) is 13.2 Å². The number of rotatable bonds is 5. The zero-order valence-corrected chi connectivity index (χ0v) is 6.04. The third-order valence-electron chi connectivity index (χ3n) is 1.09. The summed E-state index contributed by atoms with van der Waals surface area (Å²) >= 11 is 0. The van der Waals surface area contributed by atoms with Gasteiger partial charge in [0.1, 0.15) is 6.04 Å². The van der Waals surface area contributed by atoms with Crippen molar-refractivity contribution in [3.63, 3.8) is 0 Å². The zero-order valence-electron chi connectivity index (χ0n) is 6.04. The van der Waals surface area contributed by atoms with Crippen molar-refractivity contribution in [2.24, 2.45) is 5.73 Å². The molecule has 0 aromatic rings. The number of carbonyl (C=O) groups is 1. The van der Waals surface area contributed by atoms with Gasteiger partial charge in [-0.15, -0.1) is 0 Å². The van der Waals surface area contributed by atoms with Crippen LogP contribution in [0.1, 0.15) is 13.3 Å². The summed E-state index contributed by atoms with van der Waals surface area (Å²) in [5, 5.41) is 8.30. The van der Waals surface area contributed by atoms with Crippen LogP contribution < -0.4 is 5.73 Å². The first-order valence-corrected chi connectivity index (χ1v) is 3.24. The van der Waals surface area contributed by atoms with E-state index < -0.39 is 12.0 Å². The lowest BCUT2D eigenvalue weighted by Crippen LogP contribution is -2.31. The molecule has 1 atom stereocenters. The molecular weight excluding hydrogens is 134 g/mol. The number of aliphatic carboxylic acids is 1. The molecule has 0 aliphatic heterocycles. The van der Waals surface area contributed by atoms with Crippen LogP contribution in [-0.4, -0.2) is 30.3 Å². The summed E-state index contributed by atoms with van der Waals surface area (Å²) in [7, 11) is 0. The molecule has 60 valence electrons. The number of nitrogens with two attached hydrogens (primary N) is 1. The van der Waals surface area contributed by atoms with Crippen LogP contribution in [0.4, 0.5) is 0 Å². The van der Waals surface area contributed by atoms with Gasteiger partial charge >= 0.3 is 5.97 Å². The third-order valence-corrected chi connectivity index (χ3v) is 1.09. The molecule has 0 aliphatic carbocycles. The number of hydrogen-bond donors (Lipinski definition) is 2. The number of ether oxygens (including phenoxy) is 1. The van der Waals surface area contributed by atoms with Gasteiger partial charge in [-0.05, 0) is 13.3 Å². The molecule has 0 rings (SSSR count). The van der Waals surface area contributed by atoms with Crippen molar-refractivity contribution in [2.45, 2.75) is 19.4 Å². The monoisotopic (exact) mass is 147 g/mol. The SMILES string of the molecule is CCOCCC(N)C(=O)O. The van der Waals surface area contributed by atoms with Crippen LogP contribution >= 0.6 is 0 Å². The molecule has 0 aromatic carbocycles. The molecule has 0 saturated carbocycles. The second kappa shape index (κ2) is 5.20. The molecule has 0 bridgehead atoms. The fourth-order valence-electron chi connectivity index (χ4n) is 0.478. The molecular formula is C6H13NO3. The van der Waals surface area contributed by atoms with E-state index in [1.54, 1.807) is 0 Å². The van der Waals surface area contributed by atoms with Gasteiger partial charge < -0.3 is 15.6 Å². The van der Waals surface area contributed by atoms with E-state index in [-0.39, 0.29) is 0 Å². The Labute approximate surface area is 60.0 Å². The van der Waals surface area contributed by atoms with Gasteiger partial charge in [0.05, 0.1) is 0 Å². The lowest BCUT2D eigenvalue weighted by molar-refractivity contribution is -0.139. The maximum absolute atomic E-state index is 10.1. The third kappa shape index (κ3) is 4.29. The zero-order chi connectivity index (χ0) is 7.98. The van der Waals surface area contributed by atoms with E-state index in [1.165, 1.54) is 0 Å². The van der Waals surface area contributed by atoms with Crippen LogP contribution in [-0.2, 0) is 9.53 Å². The van der Waals surface area contributed by atoms with Crippen molar-refractivity contribution in [1.29, 1.82) is 0 Å². The first-order chi connectivity index (χ1) is 4.68. The maximum Gasteiger partial charge on any atom is 0.320 e. The van der Waals surface area contributed by atoms with E-state index in [9.17, 15) is 4.79 Å². The summed E-state index contributed by atoms with van der Waals surface area (Å²) in [4.78, 5) is 10.1. The quantitative estimate of drug-likeness (QED) is 0.529. The smallest absolute Gasteiger partial charge is 0.320 e. The summed E-state index contributed by atoms with van der Waals surface area (Å²) < 4.78 is 4.91. The Morgan fingerprint density at radius 2 is 2.40 bits per heavy atom. The average Bonchev–Trinajstić information content (AvgIpc) is 1.88. The van der Waals surface area contributed by atoms with Gasteiger partial charge in [0.2, 0.25) is 0 Å². The molecule has 0 amide bonds. The highest BCUT2D eigenvalue weighted by Crippen LogP contribution is 1.88. The van der Waals surface area contributed by atoms with E-state index in [4.69, 9.17) is 15.6 Å². The average molecular weight is 147 g/mol. The highest BCUT2D eigenvalue weighted by molar-refractivity contribution is 5.72. The maximum atomic E-state index is 10.1. The van der Waals surface area contributed by atoms with Crippen LogP contribution in [0.15, 0.2) is 0 Å². The number of carboxylic acids is 1. The van der Waals surface area contributed by atoms with E-state index >= 15 is 0 Å². The van der Waals surface area contributed by atoms with E-state index in [0.717, 1.165) is 0 Å². The first kappa shape index (κ1) is 9.39. The molecule has 3 N–H and O–H groups in total. The van der Waals surface area contributed by atoms with E-state index in [1.807, 2.05) is 6.92 Å². The van der Waals surface area contributed by atoms with Crippen molar-refractivity contribution in [1.82, 2.24) is 0 Å². The van der Waals surface area contributed by atoms with Crippen LogP contribution in [0.3, 0.4) is 0 Å². The predicted molar refractivity (Wildman–Crippen MR) is 36.7 cm³/mol. The Balaban J connectivity index is 3.21. The van der Waals surface area contributed by atoms with Crippen molar-refractivity contribution < 1.29 is 14.6 Å². The molecule has 0 spiro atoms. The molecule has 0 heterocycles. The van der Waals surface area contributed by atoms with Crippen molar-refractivity contribution in [2.75, 3.05) is 13.2 Å². The lowest BCUT2D eigenvalue weighted by Gasteiger charge is -2.04. The summed E-state index contributed by atoms with van der Waals surface area (Å²) in [5.41, 5.74) is 5.18. The molecule has 1 unspecified atom stereocenters. The Bertz CT molecular complexity index is 105. The van der Waals surface area contributed by atoms with Gasteiger partial charge in [-0.1, -0.05) is 0 Å². The molecule has 10 heavy (non-hydrogen) atoms. The minimum Gasteiger partial charge on any atom is -0.480 e. The fraction of sp³-hybridized carbons (Fsp3) is 0.833. The molecule has 0 fully saturated rings. The molecule has 4 nitrogen and oxygen atoms in total. The summed E-state index contributed by atoms with van der Waals surface area (Å²) in [6, 6.07) is -0.786. The topological polar surface area (TPSA) is 72.5 Å². The molecule has 0 aliphatic rings. The van der Waals surface area contributed by atoms with Gasteiger partial charge in [0.25, 0.3) is 0 Å². The van der Waals surface area contributed by atoms with Gasteiger partial charge in [0.15, 0.2) is 0 Å². The second-order valence-electron chi connectivity index (χ2n) is 1.93. The van der Waals surface area contributed by atoms with Crippen molar-refractivity contribution in [3.05, 3.63) is 0 Å². The second-order valence-corrected chi connectivity index (χ2v) is 1.93. The largest absolute Gasteiger partial charge is 0.480 e. The Morgan fingerprint density at radius 3 is 2.80 bits per heavy atom. The van der Waals surface area contributed by atoms with Gasteiger partial charge in [-0.2, -0.15) is 0 Å². The van der Waals surface area contributed by atoms with E-state index in [0.29, 0.717) is 19.6 Å². The van der Waals surface area contributed by atoms with Crippen LogP contribution in [0.2, 0.25) is 0 Å². The Hall–Kier alpha value is -0.610. The summed E-state index contributed by atoms with van der Waals surface area (Å²) in [6.45, 7) is 2.88. The highest BCUT2D eigenvalue weighted by Gasteiger charge is 2.09. The van der Waals surface area contributed by atoms with Crippen LogP contribution in [0.25, 0.3) is 0 Å². The normalized spacial score (nSPS) is 13.0. The summed E-state index contributed by atoms with van der Waals surface area (Å²) in [6.07, 6.45) is 0.378. The van der Waals surface area contributed by atoms with Gasteiger partial charge in [-0.25, -0.2) is 0 Å². The van der Waals surface area contributed by atoms with Crippen molar-refractivity contribution >= 4 is 5.97 Å². The van der Waals surface area contributed by atoms with Crippen LogP contribution in [0.5, 0.6) is 0 Å². The van der Waals surface area contributed by atoms with Crippen molar-refractivity contribution in [3.8, 4) is 0 Å². The first-order valence-electron chi connectivity index (χ1n) is 3.24. The minimum atomic E-state index is -0.972. The highest BCUT2D eigenvalue weighted by atomic mass is 16.5. The molecule has 0 aromatic heterocycles. The predicted octanol–water partition coefficient (Wildman–Crippen LogP) is -0.175. The standard InChI is InChI=1S/C6H13NO3/c1-2-10-4-3-5(7)6(8)9/h5H,2-4,7H2,1H3,(H,8,9). The lowest BCUT2D eigenvalue weighted by atomic mass is 10.2. The van der Waals surface area contributed by atoms with E-state index in [2.05, 4.69) is 0 Å². The van der Waals surface area contributed by atoms with Crippen LogP contribution in [0, 0.1) is 0 Å². The number of carboxylic acid groups (broad SMARTS) is 1. The number of hydrogen-bond acceptors (Lipinski definition) is 3.